The van der Waals surface area contributed by atoms with E-state index in [4.69, 9.17) is 4.84 Å². The maximum absolute atomic E-state index is 11.0. The van der Waals surface area contributed by atoms with Gasteiger partial charge in [0, 0.05) is 0 Å². The van der Waals surface area contributed by atoms with Gasteiger partial charge < -0.3 is 14.3 Å². The normalized spacial score (nSPS) is 9.21. The fourth-order valence-corrected chi connectivity index (χ4v) is 0.509. The van der Waals surface area contributed by atoms with E-state index < -0.39 is 17.7 Å². The second-order valence-corrected chi connectivity index (χ2v) is 2.58. The summed E-state index contributed by atoms with van der Waals surface area (Å²) in [5, 5.41) is 3.33. The summed E-state index contributed by atoms with van der Waals surface area (Å²) < 4.78 is 8.63. The van der Waals surface area contributed by atoms with Gasteiger partial charge in [0.25, 0.3) is 5.71 Å². The maximum Gasteiger partial charge on any atom is 0.367 e. The Bertz CT molecular complexity index is 228. The summed E-state index contributed by atoms with van der Waals surface area (Å²) in [5.74, 6) is -1.78. The van der Waals surface area contributed by atoms with Crippen molar-refractivity contribution in [2.24, 2.45) is 5.16 Å². The van der Waals surface area contributed by atoms with Crippen LogP contribution in [0.15, 0.2) is 5.16 Å². The van der Waals surface area contributed by atoms with Crippen molar-refractivity contribution in [2.45, 2.75) is 20.0 Å². The highest BCUT2D eigenvalue weighted by atomic mass is 16.6. The molecule has 0 heterocycles. The molecule has 0 unspecified atom stereocenters. The Labute approximate surface area is 81.8 Å². The molecule has 0 aliphatic rings. The quantitative estimate of drug-likeness (QED) is 0.280. The maximum atomic E-state index is 11.0. The second-order valence-electron chi connectivity index (χ2n) is 2.58. The van der Waals surface area contributed by atoms with Crippen molar-refractivity contribution in [1.29, 1.82) is 0 Å². The first-order valence-electron chi connectivity index (χ1n) is 3.93. The van der Waals surface area contributed by atoms with E-state index in [1.807, 2.05) is 0 Å². The third kappa shape index (κ3) is 3.88. The van der Waals surface area contributed by atoms with Crippen LogP contribution in [0.4, 0.5) is 0 Å². The molecule has 0 fully saturated rings. The van der Waals surface area contributed by atoms with E-state index in [0.717, 1.165) is 14.2 Å². The molecular weight excluding hydrogens is 190 g/mol. The predicted octanol–water partition coefficient (Wildman–Crippen LogP) is 0.113. The molecule has 6 heteroatoms. The lowest BCUT2D eigenvalue weighted by atomic mass is 10.4. The van der Waals surface area contributed by atoms with E-state index in [-0.39, 0.29) is 6.10 Å². The van der Waals surface area contributed by atoms with Crippen molar-refractivity contribution in [2.75, 3.05) is 14.2 Å². The van der Waals surface area contributed by atoms with Crippen LogP contribution < -0.4 is 0 Å². The zero-order valence-corrected chi connectivity index (χ0v) is 8.57. The number of nitrogens with zero attached hydrogens (tertiary/aromatic N) is 1. The number of oxime groups is 1. The van der Waals surface area contributed by atoms with Crippen molar-refractivity contribution in [3.8, 4) is 0 Å². The van der Waals surface area contributed by atoms with Gasteiger partial charge in [0.05, 0.1) is 14.2 Å². The lowest BCUT2D eigenvalue weighted by molar-refractivity contribution is -0.138. The Balaban J connectivity index is 4.63. The minimum absolute atomic E-state index is 0.237. The van der Waals surface area contributed by atoms with Gasteiger partial charge in [0.15, 0.2) is 0 Å². The van der Waals surface area contributed by atoms with Gasteiger partial charge >= 0.3 is 11.9 Å². The van der Waals surface area contributed by atoms with Crippen molar-refractivity contribution in [1.82, 2.24) is 0 Å². The Morgan fingerprint density at radius 1 is 1.07 bits per heavy atom. The monoisotopic (exact) mass is 203 g/mol. The summed E-state index contributed by atoms with van der Waals surface area (Å²) in [6.07, 6.45) is -0.237. The first kappa shape index (κ1) is 12.4. The molecule has 0 atom stereocenters. The molecule has 0 aliphatic carbocycles. The summed E-state index contributed by atoms with van der Waals surface area (Å²) in [6, 6.07) is 0. The van der Waals surface area contributed by atoms with Gasteiger partial charge in [-0.2, -0.15) is 0 Å². The molecule has 0 aliphatic heterocycles. The highest BCUT2D eigenvalue weighted by Gasteiger charge is 2.23. The van der Waals surface area contributed by atoms with Gasteiger partial charge in [0.2, 0.25) is 0 Å². The van der Waals surface area contributed by atoms with E-state index in [2.05, 4.69) is 14.6 Å². The second kappa shape index (κ2) is 5.95. The standard InChI is InChI=1S/C8H13NO5/c1-5(2)14-9-6(7(10)12-3)8(11)13-4/h5H,1-4H3. The largest absolute Gasteiger partial charge is 0.464 e. The van der Waals surface area contributed by atoms with Crippen LogP contribution in [0.2, 0.25) is 0 Å². The molecule has 0 bridgehead atoms. The van der Waals surface area contributed by atoms with E-state index in [0.29, 0.717) is 0 Å². The average Bonchev–Trinajstić information content (AvgIpc) is 2.16. The molecule has 0 N–H and O–H groups in total. The third-order valence-electron chi connectivity index (χ3n) is 1.11. The Kier molecular flexibility index (Phi) is 5.28. The third-order valence-corrected chi connectivity index (χ3v) is 1.11. The molecular formula is C8H13NO5. The Hall–Kier alpha value is -1.59. The van der Waals surface area contributed by atoms with Crippen LogP contribution in [-0.4, -0.2) is 38.0 Å². The van der Waals surface area contributed by atoms with Gasteiger partial charge in [-0.1, -0.05) is 5.16 Å². The SMILES string of the molecule is COC(=O)C(=NOC(C)C)C(=O)OC. The average molecular weight is 203 g/mol. The molecule has 14 heavy (non-hydrogen) atoms. The van der Waals surface area contributed by atoms with Crippen molar-refractivity contribution >= 4 is 17.7 Å². The summed E-state index contributed by atoms with van der Waals surface area (Å²) >= 11 is 0. The molecule has 80 valence electrons. The van der Waals surface area contributed by atoms with Crippen molar-refractivity contribution < 1.29 is 23.9 Å². The summed E-state index contributed by atoms with van der Waals surface area (Å²) in [4.78, 5) is 26.7. The first-order chi connectivity index (χ1) is 6.52. The zero-order chi connectivity index (χ0) is 11.1. The van der Waals surface area contributed by atoms with E-state index in [1.54, 1.807) is 13.8 Å². The van der Waals surface area contributed by atoms with Gasteiger partial charge in [-0.05, 0) is 13.8 Å². The van der Waals surface area contributed by atoms with Crippen molar-refractivity contribution in [3.63, 3.8) is 0 Å². The predicted molar refractivity (Wildman–Crippen MR) is 47.7 cm³/mol. The van der Waals surface area contributed by atoms with Gasteiger partial charge in [-0.15, -0.1) is 0 Å². The van der Waals surface area contributed by atoms with Crippen molar-refractivity contribution in [3.05, 3.63) is 0 Å². The highest BCUT2D eigenvalue weighted by Crippen LogP contribution is 1.93. The van der Waals surface area contributed by atoms with E-state index in [9.17, 15) is 9.59 Å². The lowest BCUT2D eigenvalue weighted by Gasteiger charge is -2.04. The fraction of sp³-hybridized carbons (Fsp3) is 0.625. The molecule has 0 aromatic heterocycles. The number of hydrogen-bond donors (Lipinski definition) is 0. The molecule has 0 aromatic rings. The fourth-order valence-electron chi connectivity index (χ4n) is 0.509. The molecule has 0 spiro atoms. The van der Waals surface area contributed by atoms with Crippen LogP contribution in [0.25, 0.3) is 0 Å². The van der Waals surface area contributed by atoms with Crippen LogP contribution >= 0.6 is 0 Å². The molecule has 0 saturated carbocycles. The Morgan fingerprint density at radius 2 is 1.50 bits per heavy atom. The first-order valence-corrected chi connectivity index (χ1v) is 3.93. The van der Waals surface area contributed by atoms with E-state index >= 15 is 0 Å². The van der Waals surface area contributed by atoms with Crippen LogP contribution in [0.1, 0.15) is 13.8 Å². The number of esters is 2. The molecule has 0 aromatic carbocycles. The summed E-state index contributed by atoms with van der Waals surface area (Å²) in [5.41, 5.74) is -0.510. The van der Waals surface area contributed by atoms with Crippen LogP contribution in [0, 0.1) is 0 Å². The topological polar surface area (TPSA) is 74.2 Å². The van der Waals surface area contributed by atoms with Gasteiger partial charge in [0.1, 0.15) is 6.10 Å². The molecule has 0 radical (unpaired) electrons. The lowest BCUT2D eigenvalue weighted by Crippen LogP contribution is -2.27. The molecule has 0 rings (SSSR count). The summed E-state index contributed by atoms with van der Waals surface area (Å²) in [7, 11) is 2.27. The zero-order valence-electron chi connectivity index (χ0n) is 8.57. The molecule has 0 amide bonds. The number of ether oxygens (including phenoxy) is 2. The highest BCUT2D eigenvalue weighted by molar-refractivity contribution is 6.62. The summed E-state index contributed by atoms with van der Waals surface area (Å²) in [6.45, 7) is 3.41. The number of rotatable bonds is 4. The van der Waals surface area contributed by atoms with Crippen LogP contribution in [-0.2, 0) is 23.9 Å². The number of carbonyl (C=O) groups is 2. The number of methoxy groups -OCH3 is 2. The minimum atomic E-state index is -0.891. The Morgan fingerprint density at radius 3 is 1.79 bits per heavy atom. The van der Waals surface area contributed by atoms with Gasteiger partial charge in [-0.3, -0.25) is 0 Å². The van der Waals surface area contributed by atoms with Crippen LogP contribution in [0.5, 0.6) is 0 Å². The number of hydrogen-bond acceptors (Lipinski definition) is 6. The van der Waals surface area contributed by atoms with Crippen LogP contribution in [0.3, 0.4) is 0 Å². The molecule has 0 saturated heterocycles. The van der Waals surface area contributed by atoms with Gasteiger partial charge in [-0.25, -0.2) is 9.59 Å². The minimum Gasteiger partial charge on any atom is -0.464 e. The smallest absolute Gasteiger partial charge is 0.367 e. The molecule has 6 nitrogen and oxygen atoms in total. The number of carbonyl (C=O) groups excluding carboxylic acids is 2. The van der Waals surface area contributed by atoms with E-state index in [1.165, 1.54) is 0 Å².